The number of rotatable bonds is 5. The van der Waals surface area contributed by atoms with Gasteiger partial charge in [-0.3, -0.25) is 4.79 Å². The summed E-state index contributed by atoms with van der Waals surface area (Å²) in [5.41, 5.74) is 4.22. The Balaban J connectivity index is 1.37. The van der Waals surface area contributed by atoms with Gasteiger partial charge < -0.3 is 14.2 Å². The second kappa shape index (κ2) is 8.15. The molecule has 5 rings (SSSR count). The minimum atomic E-state index is -0.463. The smallest absolute Gasteiger partial charge is 0.258 e. The highest BCUT2D eigenvalue weighted by molar-refractivity contribution is 6.31. The lowest BCUT2D eigenvalue weighted by molar-refractivity contribution is 0.0745. The van der Waals surface area contributed by atoms with E-state index in [2.05, 4.69) is 15.1 Å². The highest BCUT2D eigenvalue weighted by Gasteiger charge is 2.31. The Kier molecular flexibility index (Phi) is 5.28. The Hall–Kier alpha value is -3.46. The maximum absolute atomic E-state index is 13.9. The molecule has 4 heterocycles. The van der Waals surface area contributed by atoms with E-state index in [-0.39, 0.29) is 18.3 Å². The van der Waals surface area contributed by atoms with Crippen molar-refractivity contribution < 1.29 is 13.9 Å². The molecule has 0 saturated carbocycles. The predicted octanol–water partition coefficient (Wildman–Crippen LogP) is 3.88. The SMILES string of the molecule is Cc1nc2c3c(nn2c(C)c1Cl)CN(C(=O)c1ccc(F)cc1OCCn1ccnc1C)C3. The van der Waals surface area contributed by atoms with Crippen LogP contribution in [-0.2, 0) is 19.6 Å². The molecule has 1 aliphatic heterocycles. The number of carbonyl (C=O) groups excluding carboxylic acids is 1. The number of halogens is 2. The van der Waals surface area contributed by atoms with E-state index in [1.165, 1.54) is 18.2 Å². The fourth-order valence-electron chi connectivity index (χ4n) is 4.11. The number of ether oxygens (including phenoxy) is 1. The van der Waals surface area contributed by atoms with E-state index >= 15 is 0 Å². The first kappa shape index (κ1) is 21.4. The summed E-state index contributed by atoms with van der Waals surface area (Å²) in [6.07, 6.45) is 3.55. The third-order valence-corrected chi connectivity index (χ3v) is 6.48. The molecule has 1 aliphatic rings. The molecule has 10 heteroatoms. The van der Waals surface area contributed by atoms with Crippen LogP contribution in [0.15, 0.2) is 30.6 Å². The molecule has 8 nitrogen and oxygen atoms in total. The average molecular weight is 469 g/mol. The molecule has 0 saturated heterocycles. The monoisotopic (exact) mass is 468 g/mol. The molecule has 0 spiro atoms. The molecule has 0 radical (unpaired) electrons. The predicted molar refractivity (Wildman–Crippen MR) is 120 cm³/mol. The summed E-state index contributed by atoms with van der Waals surface area (Å²) in [4.78, 5) is 23.8. The number of hydrogen-bond acceptors (Lipinski definition) is 5. The van der Waals surface area contributed by atoms with Crippen molar-refractivity contribution in [2.45, 2.75) is 40.4 Å². The summed E-state index contributed by atoms with van der Waals surface area (Å²) < 4.78 is 23.4. The molecule has 0 aliphatic carbocycles. The molecule has 170 valence electrons. The van der Waals surface area contributed by atoms with Crippen molar-refractivity contribution in [3.05, 3.63) is 75.5 Å². The number of benzene rings is 1. The maximum Gasteiger partial charge on any atom is 0.258 e. The van der Waals surface area contributed by atoms with Crippen LogP contribution in [0.5, 0.6) is 5.75 Å². The standard InChI is InChI=1S/C23H22ClFN6O2/c1-13-21(24)14(2)31-22(27-13)18-11-30(12-19(18)28-31)23(32)17-5-4-16(25)10-20(17)33-9-8-29-7-6-26-15(29)3/h4-7,10H,8-9,11-12H2,1-3H3. The number of aryl methyl sites for hydroxylation is 3. The summed E-state index contributed by atoms with van der Waals surface area (Å²) in [5, 5.41) is 5.20. The highest BCUT2D eigenvalue weighted by atomic mass is 35.5. The van der Waals surface area contributed by atoms with Gasteiger partial charge in [0.1, 0.15) is 24.0 Å². The van der Waals surface area contributed by atoms with Gasteiger partial charge >= 0.3 is 0 Å². The largest absolute Gasteiger partial charge is 0.491 e. The Morgan fingerprint density at radius 1 is 1.24 bits per heavy atom. The van der Waals surface area contributed by atoms with Crippen molar-refractivity contribution in [2.24, 2.45) is 0 Å². The lowest BCUT2D eigenvalue weighted by Gasteiger charge is -2.19. The molecular formula is C23H22ClFN6O2. The first-order valence-electron chi connectivity index (χ1n) is 10.6. The first-order valence-corrected chi connectivity index (χ1v) is 10.9. The van der Waals surface area contributed by atoms with Gasteiger partial charge in [-0.25, -0.2) is 18.9 Å². The number of nitrogens with zero attached hydrogens (tertiary/aromatic N) is 6. The third-order valence-electron chi connectivity index (χ3n) is 5.93. The fraction of sp³-hybridized carbons (Fsp3) is 0.304. The number of imidazole rings is 1. The molecule has 0 unspecified atom stereocenters. The molecule has 4 aromatic rings. The van der Waals surface area contributed by atoms with Crippen LogP contribution in [0.1, 0.15) is 38.8 Å². The van der Waals surface area contributed by atoms with Gasteiger partial charge in [0.15, 0.2) is 5.65 Å². The lowest BCUT2D eigenvalue weighted by atomic mass is 10.1. The molecule has 0 atom stereocenters. The van der Waals surface area contributed by atoms with Crippen LogP contribution in [0.3, 0.4) is 0 Å². The number of hydrogen-bond donors (Lipinski definition) is 0. The highest BCUT2D eigenvalue weighted by Crippen LogP contribution is 2.31. The number of fused-ring (bicyclic) bond motifs is 3. The van der Waals surface area contributed by atoms with E-state index in [1.807, 2.05) is 31.5 Å². The van der Waals surface area contributed by atoms with Crippen molar-refractivity contribution in [1.29, 1.82) is 0 Å². The van der Waals surface area contributed by atoms with E-state index in [4.69, 9.17) is 16.3 Å². The average Bonchev–Trinajstić information content (AvgIpc) is 3.47. The van der Waals surface area contributed by atoms with Gasteiger partial charge in [0.2, 0.25) is 0 Å². The third kappa shape index (κ3) is 3.72. The Morgan fingerprint density at radius 2 is 2.06 bits per heavy atom. The Labute approximate surface area is 194 Å². The lowest BCUT2D eigenvalue weighted by Crippen LogP contribution is -2.27. The van der Waals surface area contributed by atoms with Crippen molar-refractivity contribution >= 4 is 23.2 Å². The Morgan fingerprint density at radius 3 is 2.82 bits per heavy atom. The minimum absolute atomic E-state index is 0.216. The van der Waals surface area contributed by atoms with E-state index in [0.717, 1.165) is 28.5 Å². The molecule has 0 bridgehead atoms. The summed E-state index contributed by atoms with van der Waals surface area (Å²) in [6.45, 7) is 7.13. The zero-order valence-electron chi connectivity index (χ0n) is 18.5. The number of carbonyl (C=O) groups is 1. The summed E-state index contributed by atoms with van der Waals surface area (Å²) in [5.74, 6) is 0.360. The van der Waals surface area contributed by atoms with E-state index in [9.17, 15) is 9.18 Å². The number of aromatic nitrogens is 5. The van der Waals surface area contributed by atoms with Crippen LogP contribution >= 0.6 is 11.6 Å². The quantitative estimate of drug-likeness (QED) is 0.444. The molecule has 0 N–H and O–H groups in total. The van der Waals surface area contributed by atoms with E-state index in [1.54, 1.807) is 15.6 Å². The second-order valence-electron chi connectivity index (χ2n) is 8.08. The van der Waals surface area contributed by atoms with Gasteiger partial charge in [0, 0.05) is 24.0 Å². The molecule has 3 aromatic heterocycles. The zero-order chi connectivity index (χ0) is 23.3. The van der Waals surface area contributed by atoms with Gasteiger partial charge in [-0.15, -0.1) is 0 Å². The van der Waals surface area contributed by atoms with Gasteiger partial charge in [-0.05, 0) is 32.9 Å². The van der Waals surface area contributed by atoms with Gasteiger partial charge in [-0.2, -0.15) is 5.10 Å². The molecule has 1 amide bonds. The second-order valence-corrected chi connectivity index (χ2v) is 8.45. The Bertz CT molecular complexity index is 1400. The zero-order valence-corrected chi connectivity index (χ0v) is 19.2. The normalized spacial score (nSPS) is 13.1. The van der Waals surface area contributed by atoms with Crippen molar-refractivity contribution in [3.8, 4) is 5.75 Å². The first-order chi connectivity index (χ1) is 15.8. The summed E-state index contributed by atoms with van der Waals surface area (Å²) >= 11 is 6.31. The minimum Gasteiger partial charge on any atom is -0.491 e. The molecule has 0 fully saturated rings. The number of amides is 1. The van der Waals surface area contributed by atoms with Crippen molar-refractivity contribution in [3.63, 3.8) is 0 Å². The fourth-order valence-corrected chi connectivity index (χ4v) is 4.24. The van der Waals surface area contributed by atoms with Gasteiger partial charge in [0.25, 0.3) is 5.91 Å². The van der Waals surface area contributed by atoms with E-state index in [0.29, 0.717) is 35.9 Å². The maximum atomic E-state index is 13.9. The summed E-state index contributed by atoms with van der Waals surface area (Å²) in [6, 6.07) is 3.98. The van der Waals surface area contributed by atoms with Crippen LogP contribution in [0, 0.1) is 26.6 Å². The van der Waals surface area contributed by atoms with E-state index < -0.39 is 5.82 Å². The summed E-state index contributed by atoms with van der Waals surface area (Å²) in [7, 11) is 0. The van der Waals surface area contributed by atoms with Gasteiger partial charge in [0.05, 0.1) is 47.3 Å². The van der Waals surface area contributed by atoms with Crippen molar-refractivity contribution in [2.75, 3.05) is 6.61 Å². The van der Waals surface area contributed by atoms with Crippen LogP contribution in [0.2, 0.25) is 5.02 Å². The van der Waals surface area contributed by atoms with Crippen LogP contribution in [0.25, 0.3) is 5.65 Å². The molecule has 1 aromatic carbocycles. The van der Waals surface area contributed by atoms with Crippen molar-refractivity contribution in [1.82, 2.24) is 29.0 Å². The molecular weight excluding hydrogens is 447 g/mol. The topological polar surface area (TPSA) is 77.5 Å². The van der Waals surface area contributed by atoms with Crippen LogP contribution in [-0.4, -0.2) is 41.6 Å². The molecule has 33 heavy (non-hydrogen) atoms. The van der Waals surface area contributed by atoms with Crippen LogP contribution in [0.4, 0.5) is 4.39 Å². The van der Waals surface area contributed by atoms with Crippen LogP contribution < -0.4 is 4.74 Å². The van der Waals surface area contributed by atoms with Gasteiger partial charge in [-0.1, -0.05) is 11.6 Å².